The van der Waals surface area contributed by atoms with Crippen LogP contribution in [0.4, 0.5) is 10.5 Å². The maximum Gasteiger partial charge on any atom is 0.319 e. The van der Waals surface area contributed by atoms with E-state index in [2.05, 4.69) is 15.7 Å². The molecule has 2 amide bonds. The van der Waals surface area contributed by atoms with E-state index in [9.17, 15) is 9.59 Å². The van der Waals surface area contributed by atoms with Gasteiger partial charge in [0.2, 0.25) is 0 Å². The first kappa shape index (κ1) is 14.1. The molecule has 2 unspecified atom stereocenters. The zero-order valence-electron chi connectivity index (χ0n) is 11.4. The summed E-state index contributed by atoms with van der Waals surface area (Å²) in [7, 11) is 0. The SMILES string of the molecule is CC(C)n1cc(NC(=O)NC2C=CC(C(=O)O)C2)cn1. The van der Waals surface area contributed by atoms with E-state index >= 15 is 0 Å². The molecular formula is C13H18N4O3. The third-order valence-corrected chi connectivity index (χ3v) is 3.11. The normalized spacial score (nSPS) is 21.1. The Bertz CT molecular complexity index is 535. The number of carbonyl (C=O) groups excluding carboxylic acids is 1. The van der Waals surface area contributed by atoms with Gasteiger partial charge in [-0.3, -0.25) is 9.48 Å². The number of carboxylic acids is 1. The molecule has 0 spiro atoms. The average Bonchev–Trinajstić information content (AvgIpc) is 2.98. The van der Waals surface area contributed by atoms with Gasteiger partial charge in [-0.15, -0.1) is 0 Å². The minimum atomic E-state index is -0.871. The molecule has 1 heterocycles. The summed E-state index contributed by atoms with van der Waals surface area (Å²) >= 11 is 0. The van der Waals surface area contributed by atoms with Crippen molar-refractivity contribution in [3.8, 4) is 0 Å². The highest BCUT2D eigenvalue weighted by molar-refractivity contribution is 5.89. The first-order chi connectivity index (χ1) is 9.45. The lowest BCUT2D eigenvalue weighted by Crippen LogP contribution is -2.36. The number of anilines is 1. The van der Waals surface area contributed by atoms with E-state index in [0.717, 1.165) is 0 Å². The van der Waals surface area contributed by atoms with Gasteiger partial charge in [0.25, 0.3) is 0 Å². The number of aliphatic carboxylic acids is 1. The lowest BCUT2D eigenvalue weighted by atomic mass is 10.1. The highest BCUT2D eigenvalue weighted by Gasteiger charge is 2.25. The van der Waals surface area contributed by atoms with E-state index in [0.29, 0.717) is 12.1 Å². The Morgan fingerprint density at radius 2 is 2.20 bits per heavy atom. The van der Waals surface area contributed by atoms with Gasteiger partial charge in [0.1, 0.15) is 0 Å². The molecule has 0 saturated heterocycles. The summed E-state index contributed by atoms with van der Waals surface area (Å²) in [6.45, 7) is 3.98. The highest BCUT2D eigenvalue weighted by atomic mass is 16.4. The number of carboxylic acid groups (broad SMARTS) is 1. The molecule has 2 rings (SSSR count). The second-order valence-electron chi connectivity index (χ2n) is 5.07. The molecule has 7 heteroatoms. The highest BCUT2D eigenvalue weighted by Crippen LogP contribution is 2.18. The largest absolute Gasteiger partial charge is 0.481 e. The molecule has 2 atom stereocenters. The second-order valence-corrected chi connectivity index (χ2v) is 5.07. The summed E-state index contributed by atoms with van der Waals surface area (Å²) in [5.74, 6) is -1.40. The van der Waals surface area contributed by atoms with Gasteiger partial charge in [-0.05, 0) is 20.3 Å². The third kappa shape index (κ3) is 3.37. The molecule has 1 aliphatic carbocycles. The number of rotatable bonds is 4. The lowest BCUT2D eigenvalue weighted by molar-refractivity contribution is -0.140. The van der Waals surface area contributed by atoms with Crippen LogP contribution in [0.2, 0.25) is 0 Å². The second kappa shape index (κ2) is 5.77. The van der Waals surface area contributed by atoms with Crippen LogP contribution in [0.1, 0.15) is 26.3 Å². The van der Waals surface area contributed by atoms with Crippen LogP contribution >= 0.6 is 0 Å². The summed E-state index contributed by atoms with van der Waals surface area (Å²) in [6.07, 6.45) is 7.01. The zero-order chi connectivity index (χ0) is 14.7. The van der Waals surface area contributed by atoms with Crippen LogP contribution in [0.3, 0.4) is 0 Å². The van der Waals surface area contributed by atoms with Crippen molar-refractivity contribution >= 4 is 17.7 Å². The van der Waals surface area contributed by atoms with Gasteiger partial charge in [-0.1, -0.05) is 12.2 Å². The van der Waals surface area contributed by atoms with Gasteiger partial charge < -0.3 is 15.7 Å². The minimum absolute atomic E-state index is 0.225. The van der Waals surface area contributed by atoms with Gasteiger partial charge in [-0.25, -0.2) is 4.79 Å². The van der Waals surface area contributed by atoms with Crippen LogP contribution in [0.15, 0.2) is 24.5 Å². The standard InChI is InChI=1S/C13H18N4O3/c1-8(2)17-7-11(6-14-17)16-13(20)15-10-4-3-9(5-10)12(18)19/h3-4,6-10H,5H2,1-2H3,(H,18,19)(H2,15,16,20). The molecule has 0 bridgehead atoms. The average molecular weight is 278 g/mol. The van der Waals surface area contributed by atoms with E-state index in [1.807, 2.05) is 13.8 Å². The Morgan fingerprint density at radius 1 is 1.45 bits per heavy atom. The first-order valence-electron chi connectivity index (χ1n) is 6.48. The minimum Gasteiger partial charge on any atom is -0.481 e. The molecule has 0 aliphatic heterocycles. The van der Waals surface area contributed by atoms with E-state index in [1.165, 1.54) is 0 Å². The Labute approximate surface area is 116 Å². The predicted molar refractivity (Wildman–Crippen MR) is 73.4 cm³/mol. The van der Waals surface area contributed by atoms with E-state index < -0.39 is 11.9 Å². The summed E-state index contributed by atoms with van der Waals surface area (Å²) in [6, 6.07) is -0.395. The molecule has 20 heavy (non-hydrogen) atoms. The lowest BCUT2D eigenvalue weighted by Gasteiger charge is -2.12. The number of hydrogen-bond acceptors (Lipinski definition) is 3. The molecule has 1 aromatic heterocycles. The van der Waals surface area contributed by atoms with Crippen molar-refractivity contribution in [2.45, 2.75) is 32.4 Å². The quantitative estimate of drug-likeness (QED) is 0.729. The maximum absolute atomic E-state index is 11.8. The number of nitrogens with one attached hydrogen (secondary N) is 2. The molecule has 0 saturated carbocycles. The third-order valence-electron chi connectivity index (χ3n) is 3.11. The number of amides is 2. The molecule has 1 aromatic rings. The van der Waals surface area contributed by atoms with Crippen LogP contribution in [-0.4, -0.2) is 32.9 Å². The van der Waals surface area contributed by atoms with Gasteiger partial charge in [0.05, 0.1) is 23.8 Å². The van der Waals surface area contributed by atoms with E-state index in [-0.39, 0.29) is 18.1 Å². The number of hydrogen-bond donors (Lipinski definition) is 3. The summed E-state index contributed by atoms with van der Waals surface area (Å²) in [4.78, 5) is 22.6. The van der Waals surface area contributed by atoms with Crippen LogP contribution in [0.25, 0.3) is 0 Å². The van der Waals surface area contributed by atoms with Crippen LogP contribution in [0, 0.1) is 5.92 Å². The molecule has 3 N–H and O–H groups in total. The van der Waals surface area contributed by atoms with Gasteiger partial charge in [0.15, 0.2) is 0 Å². The summed E-state index contributed by atoms with van der Waals surface area (Å²) in [5, 5.41) is 18.4. The molecule has 0 radical (unpaired) electrons. The maximum atomic E-state index is 11.8. The van der Waals surface area contributed by atoms with Crippen molar-refractivity contribution in [1.29, 1.82) is 0 Å². The number of aromatic nitrogens is 2. The van der Waals surface area contributed by atoms with Gasteiger partial charge in [0, 0.05) is 12.2 Å². The smallest absolute Gasteiger partial charge is 0.319 e. The number of carbonyl (C=O) groups is 2. The van der Waals surface area contributed by atoms with Crippen molar-refractivity contribution in [1.82, 2.24) is 15.1 Å². The predicted octanol–water partition coefficient (Wildman–Crippen LogP) is 1.61. The van der Waals surface area contributed by atoms with E-state index in [1.54, 1.807) is 29.2 Å². The van der Waals surface area contributed by atoms with Crippen LogP contribution in [0.5, 0.6) is 0 Å². The Morgan fingerprint density at radius 3 is 2.75 bits per heavy atom. The number of nitrogens with zero attached hydrogens (tertiary/aromatic N) is 2. The topological polar surface area (TPSA) is 96.2 Å². The molecule has 0 aromatic carbocycles. The van der Waals surface area contributed by atoms with Crippen molar-refractivity contribution in [2.24, 2.45) is 5.92 Å². The van der Waals surface area contributed by atoms with Crippen molar-refractivity contribution < 1.29 is 14.7 Å². The fourth-order valence-corrected chi connectivity index (χ4v) is 2.01. The Hall–Kier alpha value is -2.31. The molecule has 7 nitrogen and oxygen atoms in total. The van der Waals surface area contributed by atoms with Gasteiger partial charge in [-0.2, -0.15) is 5.10 Å². The monoisotopic (exact) mass is 278 g/mol. The molecule has 108 valence electrons. The van der Waals surface area contributed by atoms with Crippen molar-refractivity contribution in [2.75, 3.05) is 5.32 Å². The zero-order valence-corrected chi connectivity index (χ0v) is 11.4. The van der Waals surface area contributed by atoms with Crippen molar-refractivity contribution in [3.05, 3.63) is 24.5 Å². The van der Waals surface area contributed by atoms with Crippen LogP contribution in [-0.2, 0) is 4.79 Å². The molecule has 1 aliphatic rings. The molecular weight excluding hydrogens is 260 g/mol. The van der Waals surface area contributed by atoms with Crippen molar-refractivity contribution in [3.63, 3.8) is 0 Å². The van der Waals surface area contributed by atoms with Gasteiger partial charge >= 0.3 is 12.0 Å². The summed E-state index contributed by atoms with van der Waals surface area (Å²) in [5.41, 5.74) is 0.605. The van der Waals surface area contributed by atoms with E-state index in [4.69, 9.17) is 5.11 Å². The fraction of sp³-hybridized carbons (Fsp3) is 0.462. The fourth-order valence-electron chi connectivity index (χ4n) is 2.01. The molecule has 0 fully saturated rings. The Kier molecular flexibility index (Phi) is 4.07. The summed E-state index contributed by atoms with van der Waals surface area (Å²) < 4.78 is 1.74. The first-order valence-corrected chi connectivity index (χ1v) is 6.48. The Balaban J connectivity index is 1.84. The van der Waals surface area contributed by atoms with Crippen LogP contribution < -0.4 is 10.6 Å². The number of urea groups is 1.